The SMILES string of the molecule is Cc1nc(NC(=O)c2cc(F)ccc2F)oc1C. The maximum Gasteiger partial charge on any atom is 0.302 e. The molecule has 94 valence electrons. The highest BCUT2D eigenvalue weighted by atomic mass is 19.1. The van der Waals surface area contributed by atoms with E-state index in [9.17, 15) is 13.6 Å². The van der Waals surface area contributed by atoms with Gasteiger partial charge in [-0.2, -0.15) is 4.98 Å². The molecule has 18 heavy (non-hydrogen) atoms. The number of aryl methyl sites for hydroxylation is 2. The molecule has 0 atom stereocenters. The van der Waals surface area contributed by atoms with E-state index >= 15 is 0 Å². The summed E-state index contributed by atoms with van der Waals surface area (Å²) < 4.78 is 31.4. The predicted octanol–water partition coefficient (Wildman–Crippen LogP) is 2.82. The van der Waals surface area contributed by atoms with E-state index in [1.807, 2.05) is 0 Å². The number of oxazole rings is 1. The molecule has 0 radical (unpaired) electrons. The highest BCUT2D eigenvalue weighted by Gasteiger charge is 2.15. The number of benzene rings is 1. The molecule has 1 aromatic carbocycles. The molecule has 0 unspecified atom stereocenters. The highest BCUT2D eigenvalue weighted by molar-refractivity contribution is 6.03. The first-order valence-corrected chi connectivity index (χ1v) is 5.18. The molecule has 1 aromatic heterocycles. The van der Waals surface area contributed by atoms with Gasteiger partial charge in [0.15, 0.2) is 0 Å². The Balaban J connectivity index is 2.24. The predicted molar refractivity (Wildman–Crippen MR) is 60.3 cm³/mol. The minimum atomic E-state index is -0.812. The van der Waals surface area contributed by atoms with Gasteiger partial charge >= 0.3 is 6.01 Å². The quantitative estimate of drug-likeness (QED) is 0.894. The van der Waals surface area contributed by atoms with Crippen LogP contribution in [0.1, 0.15) is 21.8 Å². The number of nitrogens with one attached hydrogen (secondary N) is 1. The Morgan fingerprint density at radius 2 is 2.06 bits per heavy atom. The van der Waals surface area contributed by atoms with Crippen LogP contribution in [0.2, 0.25) is 0 Å². The summed E-state index contributed by atoms with van der Waals surface area (Å²) in [4.78, 5) is 15.6. The van der Waals surface area contributed by atoms with E-state index in [-0.39, 0.29) is 6.01 Å². The van der Waals surface area contributed by atoms with Crippen molar-refractivity contribution in [2.24, 2.45) is 0 Å². The summed E-state index contributed by atoms with van der Waals surface area (Å²) in [5.41, 5.74) is 0.216. The van der Waals surface area contributed by atoms with Gasteiger partial charge < -0.3 is 4.42 Å². The van der Waals surface area contributed by atoms with E-state index in [1.165, 1.54) is 0 Å². The smallest absolute Gasteiger partial charge is 0.302 e. The summed E-state index contributed by atoms with van der Waals surface area (Å²) in [6, 6.07) is 2.59. The number of anilines is 1. The Morgan fingerprint density at radius 1 is 1.33 bits per heavy atom. The lowest BCUT2D eigenvalue weighted by molar-refractivity contribution is 0.101. The van der Waals surface area contributed by atoms with Crippen LogP contribution in [0.15, 0.2) is 22.6 Å². The lowest BCUT2D eigenvalue weighted by Gasteiger charge is -2.02. The number of hydrogen-bond donors (Lipinski definition) is 1. The molecular formula is C12H10F2N2O2. The molecule has 1 amide bonds. The van der Waals surface area contributed by atoms with Gasteiger partial charge in [-0.3, -0.25) is 10.1 Å². The van der Waals surface area contributed by atoms with Gasteiger partial charge in [0, 0.05) is 0 Å². The van der Waals surface area contributed by atoms with Crippen molar-refractivity contribution < 1.29 is 18.0 Å². The molecule has 1 heterocycles. The number of carbonyl (C=O) groups is 1. The Labute approximate surface area is 102 Å². The van der Waals surface area contributed by atoms with Gasteiger partial charge in [-0.15, -0.1) is 0 Å². The average molecular weight is 252 g/mol. The van der Waals surface area contributed by atoms with Gasteiger partial charge in [-0.1, -0.05) is 0 Å². The molecule has 0 aliphatic rings. The Kier molecular flexibility index (Phi) is 3.10. The van der Waals surface area contributed by atoms with E-state index in [0.29, 0.717) is 11.5 Å². The summed E-state index contributed by atoms with van der Waals surface area (Å²) in [6.45, 7) is 3.39. The molecule has 0 fully saturated rings. The molecule has 1 N–H and O–H groups in total. The Hall–Kier alpha value is -2.24. The van der Waals surface area contributed by atoms with Gasteiger partial charge in [0.25, 0.3) is 5.91 Å². The molecule has 0 spiro atoms. The average Bonchev–Trinajstić information content (AvgIpc) is 2.61. The van der Waals surface area contributed by atoms with Gasteiger partial charge in [0.2, 0.25) is 0 Å². The summed E-state index contributed by atoms with van der Waals surface area (Å²) in [6.07, 6.45) is 0. The minimum absolute atomic E-state index is 0.0429. The monoisotopic (exact) mass is 252 g/mol. The third-order valence-electron chi connectivity index (χ3n) is 2.42. The van der Waals surface area contributed by atoms with Crippen molar-refractivity contribution in [3.8, 4) is 0 Å². The maximum absolute atomic E-state index is 13.3. The van der Waals surface area contributed by atoms with Crippen LogP contribution in [-0.4, -0.2) is 10.9 Å². The van der Waals surface area contributed by atoms with Crippen LogP contribution < -0.4 is 5.32 Å². The van der Waals surface area contributed by atoms with Gasteiger partial charge in [0.05, 0.1) is 11.3 Å². The third kappa shape index (κ3) is 2.37. The lowest BCUT2D eigenvalue weighted by atomic mass is 10.2. The van der Waals surface area contributed by atoms with Crippen molar-refractivity contribution >= 4 is 11.9 Å². The number of aromatic nitrogens is 1. The minimum Gasteiger partial charge on any atom is -0.428 e. The van der Waals surface area contributed by atoms with Crippen LogP contribution in [0.4, 0.5) is 14.8 Å². The lowest BCUT2D eigenvalue weighted by Crippen LogP contribution is -2.14. The highest BCUT2D eigenvalue weighted by Crippen LogP contribution is 2.15. The standard InChI is InChI=1S/C12H10F2N2O2/c1-6-7(2)18-12(15-6)16-11(17)9-5-8(13)3-4-10(9)14/h3-5H,1-2H3,(H,15,16,17). The molecule has 0 saturated carbocycles. The van der Waals surface area contributed by atoms with Crippen LogP contribution in [-0.2, 0) is 0 Å². The summed E-state index contributed by atoms with van der Waals surface area (Å²) in [7, 11) is 0. The van der Waals surface area contributed by atoms with E-state index in [4.69, 9.17) is 4.42 Å². The number of amides is 1. The molecule has 6 heteroatoms. The molecule has 4 nitrogen and oxygen atoms in total. The zero-order valence-corrected chi connectivity index (χ0v) is 9.75. The second kappa shape index (κ2) is 4.56. The molecule has 2 rings (SSSR count). The third-order valence-corrected chi connectivity index (χ3v) is 2.42. The molecule has 0 aliphatic heterocycles. The van der Waals surface area contributed by atoms with Crippen molar-refractivity contribution in [3.63, 3.8) is 0 Å². The van der Waals surface area contributed by atoms with Crippen LogP contribution in [0.5, 0.6) is 0 Å². The number of rotatable bonds is 2. The van der Waals surface area contributed by atoms with Crippen molar-refractivity contribution in [1.29, 1.82) is 0 Å². The number of carbonyl (C=O) groups excluding carboxylic acids is 1. The molecule has 0 saturated heterocycles. The summed E-state index contributed by atoms with van der Waals surface area (Å²) >= 11 is 0. The van der Waals surface area contributed by atoms with Crippen molar-refractivity contribution in [1.82, 2.24) is 4.98 Å². The van der Waals surface area contributed by atoms with E-state index in [2.05, 4.69) is 10.3 Å². The van der Waals surface area contributed by atoms with Crippen LogP contribution in [0.25, 0.3) is 0 Å². The second-order valence-electron chi connectivity index (χ2n) is 3.74. The Morgan fingerprint density at radius 3 is 2.67 bits per heavy atom. The van der Waals surface area contributed by atoms with Crippen molar-refractivity contribution in [2.75, 3.05) is 5.32 Å². The van der Waals surface area contributed by atoms with Gasteiger partial charge in [0.1, 0.15) is 17.4 Å². The first-order valence-electron chi connectivity index (χ1n) is 5.18. The van der Waals surface area contributed by atoms with Crippen molar-refractivity contribution in [3.05, 3.63) is 46.9 Å². The first-order chi connectivity index (χ1) is 8.47. The van der Waals surface area contributed by atoms with Crippen LogP contribution in [0.3, 0.4) is 0 Å². The fourth-order valence-electron chi connectivity index (χ4n) is 1.36. The molecular weight excluding hydrogens is 242 g/mol. The van der Waals surface area contributed by atoms with Crippen LogP contribution >= 0.6 is 0 Å². The zero-order chi connectivity index (χ0) is 13.3. The van der Waals surface area contributed by atoms with Gasteiger partial charge in [-0.25, -0.2) is 8.78 Å². The van der Waals surface area contributed by atoms with E-state index in [1.54, 1.807) is 13.8 Å². The summed E-state index contributed by atoms with van der Waals surface area (Å²) in [5, 5.41) is 2.26. The van der Waals surface area contributed by atoms with Gasteiger partial charge in [-0.05, 0) is 32.0 Å². The van der Waals surface area contributed by atoms with Crippen LogP contribution in [0, 0.1) is 25.5 Å². The van der Waals surface area contributed by atoms with Crippen molar-refractivity contribution in [2.45, 2.75) is 13.8 Å². The fraction of sp³-hybridized carbons (Fsp3) is 0.167. The Bertz CT molecular complexity index is 589. The molecule has 2 aromatic rings. The molecule has 0 bridgehead atoms. The summed E-state index contributed by atoms with van der Waals surface area (Å²) in [5.74, 6) is -1.77. The topological polar surface area (TPSA) is 55.1 Å². The zero-order valence-electron chi connectivity index (χ0n) is 9.75. The molecule has 0 aliphatic carbocycles. The largest absolute Gasteiger partial charge is 0.428 e. The number of nitrogens with zero attached hydrogens (tertiary/aromatic N) is 1. The second-order valence-corrected chi connectivity index (χ2v) is 3.74. The number of hydrogen-bond acceptors (Lipinski definition) is 3. The first kappa shape index (κ1) is 12.2. The fourth-order valence-corrected chi connectivity index (χ4v) is 1.36. The van der Waals surface area contributed by atoms with E-state index < -0.39 is 23.1 Å². The normalized spacial score (nSPS) is 10.4. The number of halogens is 2. The van der Waals surface area contributed by atoms with E-state index in [0.717, 1.165) is 18.2 Å². The maximum atomic E-state index is 13.3.